The van der Waals surface area contributed by atoms with Crippen LogP contribution in [0.4, 0.5) is 0 Å². The molecule has 0 bridgehead atoms. The first-order valence-electron chi connectivity index (χ1n) is 5.47. The molecule has 0 saturated carbocycles. The van der Waals surface area contributed by atoms with Gasteiger partial charge >= 0.3 is 5.90 Å². The van der Waals surface area contributed by atoms with Crippen molar-refractivity contribution >= 4 is 5.90 Å². The lowest BCUT2D eigenvalue weighted by Gasteiger charge is -2.14. The van der Waals surface area contributed by atoms with E-state index in [1.807, 2.05) is 0 Å². The third kappa shape index (κ3) is 1.59. The van der Waals surface area contributed by atoms with Gasteiger partial charge in [-0.1, -0.05) is 13.8 Å². The Morgan fingerprint density at radius 3 is 2.85 bits per heavy atom. The first-order valence-corrected chi connectivity index (χ1v) is 5.47. The van der Waals surface area contributed by atoms with Gasteiger partial charge in [0.05, 0.1) is 5.92 Å². The van der Waals surface area contributed by atoms with Crippen LogP contribution in [0.2, 0.25) is 0 Å². The summed E-state index contributed by atoms with van der Waals surface area (Å²) in [7, 11) is 0. The molecule has 0 saturated heterocycles. The summed E-state index contributed by atoms with van der Waals surface area (Å²) >= 11 is 0. The Labute approximate surface area is 80.6 Å². The number of rotatable bonds is 1. The molecule has 0 amide bonds. The Kier molecular flexibility index (Phi) is 2.31. The van der Waals surface area contributed by atoms with Crippen molar-refractivity contribution in [3.8, 4) is 0 Å². The van der Waals surface area contributed by atoms with Crippen molar-refractivity contribution in [1.82, 2.24) is 0 Å². The van der Waals surface area contributed by atoms with Crippen LogP contribution >= 0.6 is 0 Å². The molecule has 0 spiro atoms. The highest BCUT2D eigenvalue weighted by Crippen LogP contribution is 2.23. The van der Waals surface area contributed by atoms with Crippen LogP contribution in [-0.4, -0.2) is 29.7 Å². The summed E-state index contributed by atoms with van der Waals surface area (Å²) in [6, 6.07) is 0. The van der Waals surface area contributed by atoms with Crippen LogP contribution in [0.5, 0.6) is 0 Å². The molecule has 2 rings (SSSR count). The van der Waals surface area contributed by atoms with Crippen LogP contribution in [0.3, 0.4) is 0 Å². The van der Waals surface area contributed by atoms with Crippen LogP contribution in [0.25, 0.3) is 0 Å². The van der Waals surface area contributed by atoms with E-state index in [1.165, 1.54) is 25.3 Å². The van der Waals surface area contributed by atoms with E-state index in [0.29, 0.717) is 17.9 Å². The normalized spacial score (nSPS) is 33.5. The molecule has 2 atom stereocenters. The van der Waals surface area contributed by atoms with Gasteiger partial charge in [-0.05, 0) is 19.3 Å². The monoisotopic (exact) mass is 182 g/mol. The predicted octanol–water partition coefficient (Wildman–Crippen LogP) is 1.88. The molecule has 0 radical (unpaired) electrons. The van der Waals surface area contributed by atoms with Gasteiger partial charge in [-0.3, -0.25) is 0 Å². The smallest absolute Gasteiger partial charge is 0.339 e. The van der Waals surface area contributed by atoms with Crippen LogP contribution < -0.4 is 0 Å². The van der Waals surface area contributed by atoms with Crippen molar-refractivity contribution in [2.24, 2.45) is 11.8 Å². The molecular formula is C11H20NO+. The zero-order valence-corrected chi connectivity index (χ0v) is 8.92. The van der Waals surface area contributed by atoms with Gasteiger partial charge in [-0.15, -0.1) is 0 Å². The van der Waals surface area contributed by atoms with Crippen LogP contribution in [-0.2, 0) is 4.74 Å². The van der Waals surface area contributed by atoms with Gasteiger partial charge in [0.1, 0.15) is 6.54 Å². The summed E-state index contributed by atoms with van der Waals surface area (Å²) in [5.74, 6) is 2.56. The van der Waals surface area contributed by atoms with Gasteiger partial charge in [0.15, 0.2) is 12.6 Å². The van der Waals surface area contributed by atoms with Gasteiger partial charge in [-0.25, -0.2) is 0 Å². The van der Waals surface area contributed by atoms with E-state index in [0.717, 1.165) is 6.54 Å². The Hall–Kier alpha value is -0.530. The van der Waals surface area contributed by atoms with Crippen LogP contribution in [0.15, 0.2) is 0 Å². The molecule has 2 heteroatoms. The number of hydrogen-bond donors (Lipinski definition) is 0. The summed E-state index contributed by atoms with van der Waals surface area (Å²) in [5.41, 5.74) is 0. The van der Waals surface area contributed by atoms with E-state index >= 15 is 0 Å². The zero-order chi connectivity index (χ0) is 9.42. The Bertz CT molecular complexity index is 232. The zero-order valence-electron chi connectivity index (χ0n) is 8.92. The number of hydrogen-bond acceptors (Lipinski definition) is 1. The molecule has 74 valence electrons. The molecule has 0 aromatic heterocycles. The Morgan fingerprint density at radius 2 is 2.23 bits per heavy atom. The molecule has 0 aromatic carbocycles. The fraction of sp³-hybridized carbons (Fsp3) is 0.909. The minimum atomic E-state index is 0.440. The van der Waals surface area contributed by atoms with Crippen molar-refractivity contribution in [3.63, 3.8) is 0 Å². The highest BCUT2D eigenvalue weighted by molar-refractivity contribution is 5.74. The minimum Gasteiger partial charge on any atom is -0.438 e. The Balaban J connectivity index is 2.09. The second-order valence-electron chi connectivity index (χ2n) is 4.73. The molecule has 0 aromatic rings. The van der Waals surface area contributed by atoms with Gasteiger partial charge in [0.2, 0.25) is 0 Å². The number of ether oxygens (including phenoxy) is 1. The van der Waals surface area contributed by atoms with E-state index in [2.05, 4.69) is 25.3 Å². The molecule has 13 heavy (non-hydrogen) atoms. The van der Waals surface area contributed by atoms with E-state index in [1.54, 1.807) is 0 Å². The standard InChI is InChI=1S/C11H20NO/c1-8(2)10-7-12-6-4-5-9(3)11(12)13-10/h8-10H,4-7H2,1-3H3/q+1. The summed E-state index contributed by atoms with van der Waals surface area (Å²) < 4.78 is 8.42. The lowest BCUT2D eigenvalue weighted by molar-refractivity contribution is -0.529. The third-order valence-electron chi connectivity index (χ3n) is 3.21. The molecule has 0 aliphatic carbocycles. The Morgan fingerprint density at radius 1 is 1.46 bits per heavy atom. The van der Waals surface area contributed by atoms with Crippen LogP contribution in [0.1, 0.15) is 33.6 Å². The topological polar surface area (TPSA) is 12.2 Å². The van der Waals surface area contributed by atoms with E-state index < -0.39 is 0 Å². The SMILES string of the molecule is CC1CCC[N+]2=C1OC(C(C)C)C2. The fourth-order valence-electron chi connectivity index (χ4n) is 2.26. The van der Waals surface area contributed by atoms with Crippen molar-refractivity contribution < 1.29 is 9.31 Å². The van der Waals surface area contributed by atoms with E-state index in [4.69, 9.17) is 4.74 Å². The first-order chi connectivity index (χ1) is 6.18. The first kappa shape index (κ1) is 9.04. The molecule has 2 unspecified atom stereocenters. The minimum absolute atomic E-state index is 0.440. The molecule has 2 nitrogen and oxygen atoms in total. The molecular weight excluding hydrogens is 162 g/mol. The summed E-state index contributed by atoms with van der Waals surface area (Å²) in [6.45, 7) is 9.10. The summed E-state index contributed by atoms with van der Waals surface area (Å²) in [5, 5.41) is 0. The maximum absolute atomic E-state index is 5.98. The largest absolute Gasteiger partial charge is 0.438 e. The van der Waals surface area contributed by atoms with Gasteiger partial charge in [0.25, 0.3) is 0 Å². The predicted molar refractivity (Wildman–Crippen MR) is 53.1 cm³/mol. The van der Waals surface area contributed by atoms with Crippen LogP contribution in [0, 0.1) is 11.8 Å². The quantitative estimate of drug-likeness (QED) is 0.564. The third-order valence-corrected chi connectivity index (χ3v) is 3.21. The lowest BCUT2D eigenvalue weighted by Crippen LogP contribution is -2.28. The summed E-state index contributed by atoms with van der Waals surface area (Å²) in [6.07, 6.45) is 3.07. The summed E-state index contributed by atoms with van der Waals surface area (Å²) in [4.78, 5) is 0. The highest BCUT2D eigenvalue weighted by atomic mass is 16.5. The van der Waals surface area contributed by atoms with Gasteiger partial charge in [-0.2, -0.15) is 4.58 Å². The maximum Gasteiger partial charge on any atom is 0.339 e. The fourth-order valence-corrected chi connectivity index (χ4v) is 2.26. The maximum atomic E-state index is 5.98. The van der Waals surface area contributed by atoms with Crippen molar-refractivity contribution in [3.05, 3.63) is 0 Å². The average Bonchev–Trinajstić information content (AvgIpc) is 2.49. The molecule has 2 aliphatic rings. The van der Waals surface area contributed by atoms with Gasteiger partial charge < -0.3 is 4.74 Å². The molecule has 0 N–H and O–H groups in total. The highest BCUT2D eigenvalue weighted by Gasteiger charge is 2.39. The second kappa shape index (κ2) is 3.32. The van der Waals surface area contributed by atoms with Crippen molar-refractivity contribution in [2.45, 2.75) is 39.7 Å². The van der Waals surface area contributed by atoms with Crippen molar-refractivity contribution in [2.75, 3.05) is 13.1 Å². The molecule has 2 aliphatic heterocycles. The average molecular weight is 182 g/mol. The van der Waals surface area contributed by atoms with Crippen molar-refractivity contribution in [1.29, 1.82) is 0 Å². The number of nitrogens with zero attached hydrogens (tertiary/aromatic N) is 1. The van der Waals surface area contributed by atoms with E-state index in [-0.39, 0.29) is 0 Å². The second-order valence-corrected chi connectivity index (χ2v) is 4.73. The van der Waals surface area contributed by atoms with Gasteiger partial charge in [0, 0.05) is 6.42 Å². The lowest BCUT2D eigenvalue weighted by atomic mass is 10.0. The molecule has 2 heterocycles. The van der Waals surface area contributed by atoms with E-state index in [9.17, 15) is 0 Å². The molecule has 0 fully saturated rings.